The van der Waals surface area contributed by atoms with E-state index in [2.05, 4.69) is 10.7 Å². The summed E-state index contributed by atoms with van der Waals surface area (Å²) in [6.07, 6.45) is 8.55. The second kappa shape index (κ2) is 6.40. The third kappa shape index (κ3) is 4.04. The number of nitrogens with one attached hydrogen (secondary N) is 2. The van der Waals surface area contributed by atoms with Gasteiger partial charge in [0.05, 0.1) is 6.67 Å². The quantitative estimate of drug-likeness (QED) is 0.250. The van der Waals surface area contributed by atoms with Crippen molar-refractivity contribution in [3.05, 3.63) is 0 Å². The number of rotatable bonds is 5. The Morgan fingerprint density at radius 2 is 1.92 bits per heavy atom. The summed E-state index contributed by atoms with van der Waals surface area (Å²) < 4.78 is 0. The molecule has 0 aromatic carbocycles. The molecule has 3 nitrogen and oxygen atoms in total. The van der Waals surface area contributed by atoms with Crippen LogP contribution in [0.2, 0.25) is 0 Å². The minimum absolute atomic E-state index is 0.729. The Hall–Kier alpha value is -0.120. The summed E-state index contributed by atoms with van der Waals surface area (Å²) >= 11 is 0. The summed E-state index contributed by atoms with van der Waals surface area (Å²) in [5.41, 5.74) is 2.59. The van der Waals surface area contributed by atoms with Crippen molar-refractivity contribution in [1.82, 2.24) is 10.7 Å². The third-order valence-electron chi connectivity index (χ3n) is 2.68. The Balaban J connectivity index is 1.91. The van der Waals surface area contributed by atoms with Gasteiger partial charge in [-0.1, -0.05) is 32.1 Å². The minimum Gasteiger partial charge on any atom is -0.303 e. The van der Waals surface area contributed by atoms with Crippen LogP contribution in [0.1, 0.15) is 38.5 Å². The Morgan fingerprint density at radius 1 is 1.17 bits per heavy atom. The van der Waals surface area contributed by atoms with Crippen molar-refractivity contribution in [3.8, 4) is 0 Å². The molecule has 0 saturated heterocycles. The number of hydrogen-bond acceptors (Lipinski definition) is 3. The van der Waals surface area contributed by atoms with E-state index in [-0.39, 0.29) is 0 Å². The van der Waals surface area contributed by atoms with Crippen LogP contribution in [-0.4, -0.2) is 13.2 Å². The average Bonchev–Trinajstić information content (AvgIpc) is 2.14. The van der Waals surface area contributed by atoms with Gasteiger partial charge in [-0.3, -0.25) is 5.84 Å². The van der Waals surface area contributed by atoms with Crippen molar-refractivity contribution < 1.29 is 0 Å². The number of hydrazine groups is 1. The van der Waals surface area contributed by atoms with Gasteiger partial charge in [0.15, 0.2) is 0 Å². The van der Waals surface area contributed by atoms with Crippen LogP contribution in [0.25, 0.3) is 0 Å². The summed E-state index contributed by atoms with van der Waals surface area (Å²) in [6.45, 7) is 1.83. The van der Waals surface area contributed by atoms with E-state index in [1.165, 1.54) is 38.5 Å². The molecule has 1 aliphatic carbocycles. The maximum Gasteiger partial charge on any atom is 0.0587 e. The molecule has 0 aliphatic heterocycles. The average molecular weight is 171 g/mol. The number of nitrogens with two attached hydrogens (primary N) is 1. The zero-order chi connectivity index (χ0) is 8.65. The molecule has 1 saturated carbocycles. The molecule has 0 bridgehead atoms. The Bertz CT molecular complexity index is 99.9. The highest BCUT2D eigenvalue weighted by Gasteiger charge is 2.11. The molecule has 0 unspecified atom stereocenters. The van der Waals surface area contributed by atoms with Gasteiger partial charge in [0.1, 0.15) is 0 Å². The molecule has 12 heavy (non-hydrogen) atoms. The summed E-state index contributed by atoms with van der Waals surface area (Å²) in [7, 11) is 0. The summed E-state index contributed by atoms with van der Waals surface area (Å²) in [6, 6.07) is 0. The molecule has 0 aromatic rings. The summed E-state index contributed by atoms with van der Waals surface area (Å²) in [5.74, 6) is 6.11. The van der Waals surface area contributed by atoms with Crippen molar-refractivity contribution in [1.29, 1.82) is 0 Å². The van der Waals surface area contributed by atoms with Gasteiger partial charge in [-0.25, -0.2) is 5.43 Å². The standard InChI is InChI=1S/C9H21N3/c10-12-8-11-7-6-9-4-2-1-3-5-9/h9,11-12H,1-8,10H2. The Kier molecular flexibility index (Phi) is 5.32. The van der Waals surface area contributed by atoms with Gasteiger partial charge < -0.3 is 5.32 Å². The van der Waals surface area contributed by atoms with Crippen molar-refractivity contribution in [3.63, 3.8) is 0 Å². The lowest BCUT2D eigenvalue weighted by Gasteiger charge is -2.21. The van der Waals surface area contributed by atoms with E-state index >= 15 is 0 Å². The van der Waals surface area contributed by atoms with E-state index in [0.29, 0.717) is 0 Å². The lowest BCUT2D eigenvalue weighted by Crippen LogP contribution is -2.34. The van der Waals surface area contributed by atoms with Crippen molar-refractivity contribution >= 4 is 0 Å². The van der Waals surface area contributed by atoms with Crippen molar-refractivity contribution in [2.24, 2.45) is 11.8 Å². The molecule has 1 aliphatic rings. The second-order valence-corrected chi connectivity index (χ2v) is 3.67. The van der Waals surface area contributed by atoms with Gasteiger partial charge in [0.2, 0.25) is 0 Å². The topological polar surface area (TPSA) is 50.1 Å². The molecule has 0 atom stereocenters. The van der Waals surface area contributed by atoms with Crippen molar-refractivity contribution in [2.75, 3.05) is 13.2 Å². The lowest BCUT2D eigenvalue weighted by molar-refractivity contribution is 0.333. The van der Waals surface area contributed by atoms with E-state index in [1.807, 2.05) is 0 Å². The van der Waals surface area contributed by atoms with Gasteiger partial charge in [0, 0.05) is 0 Å². The molecule has 0 amide bonds. The van der Waals surface area contributed by atoms with Gasteiger partial charge >= 0.3 is 0 Å². The fourth-order valence-electron chi connectivity index (χ4n) is 1.94. The van der Waals surface area contributed by atoms with Gasteiger partial charge in [0.25, 0.3) is 0 Å². The molecule has 1 rings (SSSR count). The molecule has 0 heterocycles. The zero-order valence-corrected chi connectivity index (χ0v) is 7.81. The molecule has 4 N–H and O–H groups in total. The fraction of sp³-hybridized carbons (Fsp3) is 1.00. The van der Waals surface area contributed by atoms with Crippen LogP contribution in [0.5, 0.6) is 0 Å². The highest BCUT2D eigenvalue weighted by atomic mass is 15.3. The maximum absolute atomic E-state index is 5.14. The largest absolute Gasteiger partial charge is 0.303 e. The first-order chi connectivity index (χ1) is 5.93. The fourth-order valence-corrected chi connectivity index (χ4v) is 1.94. The van der Waals surface area contributed by atoms with E-state index in [4.69, 9.17) is 5.84 Å². The summed E-state index contributed by atoms with van der Waals surface area (Å²) in [4.78, 5) is 0. The number of hydrogen-bond donors (Lipinski definition) is 3. The van der Waals surface area contributed by atoms with E-state index < -0.39 is 0 Å². The Morgan fingerprint density at radius 3 is 2.58 bits per heavy atom. The highest BCUT2D eigenvalue weighted by Crippen LogP contribution is 2.25. The predicted octanol–water partition coefficient (Wildman–Crippen LogP) is 0.967. The third-order valence-corrected chi connectivity index (χ3v) is 2.68. The molecule has 1 fully saturated rings. The van der Waals surface area contributed by atoms with Crippen LogP contribution in [0, 0.1) is 5.92 Å². The van der Waals surface area contributed by atoms with E-state index in [9.17, 15) is 0 Å². The van der Waals surface area contributed by atoms with Crippen LogP contribution in [0.3, 0.4) is 0 Å². The SMILES string of the molecule is NNCNCCC1CCCCC1. The molecule has 0 aromatic heterocycles. The summed E-state index contributed by atoms with van der Waals surface area (Å²) in [5, 5.41) is 3.25. The van der Waals surface area contributed by atoms with Gasteiger partial charge in [-0.15, -0.1) is 0 Å². The molecule has 3 heteroatoms. The molecule has 0 spiro atoms. The first kappa shape index (κ1) is 9.96. The van der Waals surface area contributed by atoms with E-state index in [1.54, 1.807) is 0 Å². The van der Waals surface area contributed by atoms with Crippen LogP contribution < -0.4 is 16.6 Å². The van der Waals surface area contributed by atoms with E-state index in [0.717, 1.165) is 19.1 Å². The van der Waals surface area contributed by atoms with Crippen molar-refractivity contribution in [2.45, 2.75) is 38.5 Å². The van der Waals surface area contributed by atoms with Crippen LogP contribution in [0.4, 0.5) is 0 Å². The maximum atomic E-state index is 5.14. The second-order valence-electron chi connectivity index (χ2n) is 3.67. The highest BCUT2D eigenvalue weighted by molar-refractivity contribution is 4.66. The zero-order valence-electron chi connectivity index (χ0n) is 7.81. The lowest BCUT2D eigenvalue weighted by atomic mass is 9.87. The first-order valence-electron chi connectivity index (χ1n) is 5.07. The predicted molar refractivity (Wildman–Crippen MR) is 51.4 cm³/mol. The first-order valence-corrected chi connectivity index (χ1v) is 5.07. The van der Waals surface area contributed by atoms with Crippen LogP contribution >= 0.6 is 0 Å². The molecule has 0 radical (unpaired) electrons. The molecular weight excluding hydrogens is 150 g/mol. The van der Waals surface area contributed by atoms with Gasteiger partial charge in [-0.05, 0) is 18.9 Å². The monoisotopic (exact) mass is 171 g/mol. The molecule has 72 valence electrons. The van der Waals surface area contributed by atoms with Crippen LogP contribution in [0.15, 0.2) is 0 Å². The Labute approximate surface area is 75.1 Å². The van der Waals surface area contributed by atoms with Gasteiger partial charge in [-0.2, -0.15) is 0 Å². The normalized spacial score (nSPS) is 19.8. The van der Waals surface area contributed by atoms with Crippen LogP contribution in [-0.2, 0) is 0 Å². The smallest absolute Gasteiger partial charge is 0.0587 e. The molecular formula is C9H21N3. The minimum atomic E-state index is 0.729.